The van der Waals surface area contributed by atoms with Crippen molar-refractivity contribution in [2.75, 3.05) is 30.0 Å². The van der Waals surface area contributed by atoms with E-state index in [1.807, 2.05) is 48.5 Å². The molecule has 11 heteroatoms. The Morgan fingerprint density at radius 3 is 2.61 bits per heavy atom. The maximum atomic E-state index is 13.3. The van der Waals surface area contributed by atoms with E-state index >= 15 is 0 Å². The molecule has 2 aromatic heterocycles. The summed E-state index contributed by atoms with van der Waals surface area (Å²) in [5, 5.41) is 16.0. The Bertz CT molecular complexity index is 1770. The quantitative estimate of drug-likeness (QED) is 0.0993. The molecule has 44 heavy (non-hydrogen) atoms. The summed E-state index contributed by atoms with van der Waals surface area (Å²) in [6.07, 6.45) is 2.94. The van der Waals surface area contributed by atoms with Crippen molar-refractivity contribution >= 4 is 39.8 Å². The number of amides is 1. The number of fused-ring (bicyclic) bond motifs is 1. The van der Waals surface area contributed by atoms with Crippen LogP contribution < -0.4 is 31.6 Å². The molecule has 0 aliphatic rings. The zero-order valence-corrected chi connectivity index (χ0v) is 24.7. The molecule has 0 spiro atoms. The van der Waals surface area contributed by atoms with E-state index in [-0.39, 0.29) is 23.5 Å². The molecule has 5 aromatic rings. The van der Waals surface area contributed by atoms with Gasteiger partial charge >= 0.3 is 0 Å². The van der Waals surface area contributed by atoms with Crippen molar-refractivity contribution in [1.29, 1.82) is 5.41 Å². The second kappa shape index (κ2) is 13.7. The Morgan fingerprint density at radius 2 is 1.86 bits per heavy atom. The van der Waals surface area contributed by atoms with E-state index in [1.54, 1.807) is 24.3 Å². The Labute approximate surface area is 255 Å². The van der Waals surface area contributed by atoms with Gasteiger partial charge in [0.2, 0.25) is 0 Å². The number of aromatic nitrogens is 3. The summed E-state index contributed by atoms with van der Waals surface area (Å²) in [6, 6.07) is 22.5. The van der Waals surface area contributed by atoms with Gasteiger partial charge < -0.3 is 36.6 Å². The summed E-state index contributed by atoms with van der Waals surface area (Å²) in [5.41, 5.74) is 15.6. The van der Waals surface area contributed by atoms with Gasteiger partial charge in [0.25, 0.3) is 5.91 Å². The molecule has 0 aliphatic heterocycles. The first kappa shape index (κ1) is 30.1. The molecule has 3 aromatic carbocycles. The molecule has 226 valence electrons. The largest absolute Gasteiger partial charge is 0.495 e. The highest BCUT2D eigenvalue weighted by molar-refractivity contribution is 6.17. The van der Waals surface area contributed by atoms with Gasteiger partial charge in [-0.1, -0.05) is 49.4 Å². The number of methoxy groups -OCH3 is 1. The second-order valence-electron chi connectivity index (χ2n) is 10.2. The van der Waals surface area contributed by atoms with Crippen LogP contribution in [0.1, 0.15) is 46.9 Å². The van der Waals surface area contributed by atoms with Crippen LogP contribution in [0.25, 0.3) is 10.9 Å². The lowest BCUT2D eigenvalue weighted by atomic mass is 10.0. The molecule has 8 N–H and O–H groups in total. The average Bonchev–Trinajstić information content (AvgIpc) is 3.49. The predicted molar refractivity (Wildman–Crippen MR) is 174 cm³/mol. The van der Waals surface area contributed by atoms with Gasteiger partial charge in [0.15, 0.2) is 0 Å². The van der Waals surface area contributed by atoms with Crippen molar-refractivity contribution in [3.63, 3.8) is 0 Å². The zero-order chi connectivity index (χ0) is 31.1. The fourth-order valence-electron chi connectivity index (χ4n) is 4.92. The third kappa shape index (κ3) is 6.63. The molecular weight excluding hydrogens is 556 g/mol. The number of H-pyrrole nitrogens is 1. The Hall–Kier alpha value is -5.42. The summed E-state index contributed by atoms with van der Waals surface area (Å²) >= 11 is 0. The Kier molecular flexibility index (Phi) is 9.36. The average molecular weight is 593 g/mol. The standard InChI is InChI=1S/C33H36N8O3/c1-3-22(14-15-34)39-32-29(31(36)37-19-38-32)30(35)21-12-13-25(28(16-21)43-2)41-33(42)26-17-23-24(40-26)10-7-11-27(23)44-18-20-8-5-4-6-9-20/h4-13,16-17,19,22,35,40H,3,14-15,18,34H2,1-2H3,(H,41,42)(H3,36,37,38,39). The topological polar surface area (TPSA) is 177 Å². The minimum absolute atomic E-state index is 0.0733. The first-order valence-corrected chi connectivity index (χ1v) is 14.4. The highest BCUT2D eigenvalue weighted by atomic mass is 16.5. The summed E-state index contributed by atoms with van der Waals surface area (Å²) < 4.78 is 11.7. The van der Waals surface area contributed by atoms with Gasteiger partial charge in [-0.2, -0.15) is 0 Å². The van der Waals surface area contributed by atoms with E-state index in [2.05, 4.69) is 32.5 Å². The van der Waals surface area contributed by atoms with Crippen LogP contribution in [0, 0.1) is 5.41 Å². The number of aromatic amines is 1. The fraction of sp³-hybridized carbons (Fsp3) is 0.212. The minimum atomic E-state index is -0.353. The smallest absolute Gasteiger partial charge is 0.272 e. The van der Waals surface area contributed by atoms with Crippen molar-refractivity contribution in [1.82, 2.24) is 15.0 Å². The Morgan fingerprint density at radius 1 is 1.05 bits per heavy atom. The van der Waals surface area contributed by atoms with Crippen molar-refractivity contribution in [2.45, 2.75) is 32.4 Å². The molecule has 1 unspecified atom stereocenters. The molecule has 0 saturated carbocycles. The number of carbonyl (C=O) groups excluding carboxylic acids is 1. The lowest BCUT2D eigenvalue weighted by Crippen LogP contribution is -2.25. The van der Waals surface area contributed by atoms with E-state index < -0.39 is 0 Å². The van der Waals surface area contributed by atoms with Gasteiger partial charge in [-0.3, -0.25) is 10.2 Å². The molecule has 0 aliphatic carbocycles. The van der Waals surface area contributed by atoms with Crippen molar-refractivity contribution < 1.29 is 14.3 Å². The van der Waals surface area contributed by atoms with Crippen LogP contribution >= 0.6 is 0 Å². The van der Waals surface area contributed by atoms with Gasteiger partial charge in [-0.15, -0.1) is 0 Å². The third-order valence-corrected chi connectivity index (χ3v) is 7.32. The lowest BCUT2D eigenvalue weighted by Gasteiger charge is -2.20. The number of ether oxygens (including phenoxy) is 2. The maximum Gasteiger partial charge on any atom is 0.272 e. The van der Waals surface area contributed by atoms with Crippen LogP contribution in [0.5, 0.6) is 11.5 Å². The van der Waals surface area contributed by atoms with Crippen LogP contribution in [0.4, 0.5) is 17.3 Å². The Balaban J connectivity index is 1.35. The van der Waals surface area contributed by atoms with Crippen LogP contribution in [-0.4, -0.2) is 46.3 Å². The number of benzene rings is 3. The van der Waals surface area contributed by atoms with Crippen LogP contribution in [0.3, 0.4) is 0 Å². The third-order valence-electron chi connectivity index (χ3n) is 7.32. The molecular formula is C33H36N8O3. The summed E-state index contributed by atoms with van der Waals surface area (Å²) in [4.78, 5) is 25.0. The van der Waals surface area contributed by atoms with Crippen LogP contribution in [0.15, 0.2) is 79.1 Å². The molecule has 0 fully saturated rings. The molecule has 1 atom stereocenters. The van der Waals surface area contributed by atoms with Crippen molar-refractivity contribution in [3.8, 4) is 11.5 Å². The number of nitrogens with zero attached hydrogens (tertiary/aromatic N) is 2. The minimum Gasteiger partial charge on any atom is -0.495 e. The van der Waals surface area contributed by atoms with Gasteiger partial charge in [0, 0.05) is 22.5 Å². The van der Waals surface area contributed by atoms with Crippen molar-refractivity contribution in [2.24, 2.45) is 5.73 Å². The van der Waals surface area contributed by atoms with Gasteiger partial charge in [-0.05, 0) is 55.3 Å². The maximum absolute atomic E-state index is 13.3. The van der Waals surface area contributed by atoms with Gasteiger partial charge in [-0.25, -0.2) is 9.97 Å². The molecule has 0 radical (unpaired) electrons. The van der Waals surface area contributed by atoms with Crippen LogP contribution in [-0.2, 0) is 6.61 Å². The summed E-state index contributed by atoms with van der Waals surface area (Å²) in [5.74, 6) is 1.34. The zero-order valence-electron chi connectivity index (χ0n) is 24.7. The number of hydrogen-bond donors (Lipinski definition) is 6. The number of anilines is 3. The fourth-order valence-corrected chi connectivity index (χ4v) is 4.92. The van der Waals surface area contributed by atoms with Gasteiger partial charge in [0.05, 0.1) is 24.1 Å². The van der Waals surface area contributed by atoms with Crippen molar-refractivity contribution in [3.05, 3.63) is 102 Å². The van der Waals surface area contributed by atoms with E-state index in [4.69, 9.17) is 26.4 Å². The molecule has 0 bridgehead atoms. The summed E-state index contributed by atoms with van der Waals surface area (Å²) in [6.45, 7) is 2.98. The number of nitrogens with two attached hydrogens (primary N) is 2. The lowest BCUT2D eigenvalue weighted by molar-refractivity contribution is 0.102. The van der Waals surface area contributed by atoms with E-state index in [0.29, 0.717) is 53.0 Å². The van der Waals surface area contributed by atoms with Gasteiger partial charge in [0.1, 0.15) is 41.8 Å². The molecule has 2 heterocycles. The number of rotatable bonds is 13. The number of nitrogen functional groups attached to an aromatic ring is 1. The van der Waals surface area contributed by atoms with E-state index in [9.17, 15) is 4.79 Å². The normalized spacial score (nSPS) is 11.6. The number of nitrogens with one attached hydrogen (secondary N) is 4. The molecule has 11 nitrogen and oxygen atoms in total. The monoisotopic (exact) mass is 592 g/mol. The molecule has 5 rings (SSSR count). The highest BCUT2D eigenvalue weighted by Gasteiger charge is 2.21. The second-order valence-corrected chi connectivity index (χ2v) is 10.2. The molecule has 0 saturated heterocycles. The van der Waals surface area contributed by atoms with Crippen LogP contribution in [0.2, 0.25) is 0 Å². The van der Waals surface area contributed by atoms with E-state index in [0.717, 1.165) is 29.3 Å². The number of carbonyl (C=O) groups is 1. The van der Waals surface area contributed by atoms with E-state index in [1.165, 1.54) is 13.4 Å². The first-order chi connectivity index (χ1) is 21.4. The SMILES string of the molecule is CCC(CCN)Nc1ncnc(N)c1C(=N)c1ccc(NC(=O)c2cc3c(OCc4ccccc4)cccc3[nH]2)c(OC)c1. The first-order valence-electron chi connectivity index (χ1n) is 14.4. The highest BCUT2D eigenvalue weighted by Crippen LogP contribution is 2.31. The summed E-state index contributed by atoms with van der Waals surface area (Å²) in [7, 11) is 1.50. The number of hydrogen-bond acceptors (Lipinski definition) is 9. The predicted octanol–water partition coefficient (Wildman–Crippen LogP) is 5.34. The molecule has 1 amide bonds.